The van der Waals surface area contributed by atoms with Gasteiger partial charge in [-0.2, -0.15) is 0 Å². The highest BCUT2D eigenvalue weighted by molar-refractivity contribution is 7.12. The summed E-state index contributed by atoms with van der Waals surface area (Å²) in [6.07, 6.45) is 5.26. The Balaban J connectivity index is 1.21. The molecule has 1 spiro atoms. The van der Waals surface area contributed by atoms with Crippen molar-refractivity contribution < 1.29 is 9.53 Å². The lowest BCUT2D eigenvalue weighted by Crippen LogP contribution is -2.60. The Kier molecular flexibility index (Phi) is 5.34. The minimum absolute atomic E-state index is 0.156. The van der Waals surface area contributed by atoms with Crippen LogP contribution in [-0.4, -0.2) is 82.5 Å². The number of aromatic nitrogens is 3. The Bertz CT molecular complexity index is 924. The maximum Gasteiger partial charge on any atom is 0.409 e. The molecule has 1 amide bonds. The molecule has 9 heteroatoms. The standard InChI is InChI=1S/C22H30N6O2S/c1-3-30-20(29)27-14-22(15-27)7-6-21(2,13-22)28-11-9-26(10-12-28)18-17(5-4-8-23-18)19-25-24-16-31-19/h4-5,8,16H,3,6-7,9-15H2,1-2H3. The van der Waals surface area contributed by atoms with Gasteiger partial charge >= 0.3 is 6.09 Å². The molecule has 2 aromatic rings. The average molecular weight is 443 g/mol. The molecule has 0 bridgehead atoms. The van der Waals surface area contributed by atoms with E-state index in [2.05, 4.69) is 38.0 Å². The zero-order valence-corrected chi connectivity index (χ0v) is 19.1. The number of hydrogen-bond acceptors (Lipinski definition) is 8. The van der Waals surface area contributed by atoms with Crippen LogP contribution in [0, 0.1) is 5.41 Å². The molecular weight excluding hydrogens is 412 g/mol. The number of nitrogens with zero attached hydrogens (tertiary/aromatic N) is 6. The van der Waals surface area contributed by atoms with Gasteiger partial charge in [-0.05, 0) is 45.2 Å². The first kappa shape index (κ1) is 20.6. The molecule has 8 nitrogen and oxygen atoms in total. The van der Waals surface area contributed by atoms with Crippen LogP contribution in [0.25, 0.3) is 10.6 Å². The molecule has 0 N–H and O–H groups in total. The topological polar surface area (TPSA) is 74.7 Å². The second-order valence-electron chi connectivity index (χ2n) is 9.32. The van der Waals surface area contributed by atoms with Crippen molar-refractivity contribution in [1.82, 2.24) is 25.0 Å². The van der Waals surface area contributed by atoms with Crippen LogP contribution in [-0.2, 0) is 4.74 Å². The molecule has 1 unspecified atom stereocenters. The Hall–Kier alpha value is -2.26. The zero-order valence-electron chi connectivity index (χ0n) is 18.3. The Morgan fingerprint density at radius 1 is 1.23 bits per heavy atom. The SMILES string of the molecule is CCOC(=O)N1CC2(CCC(C)(N3CCN(c4ncccc4-c4nncs4)CC3)C2)C1. The van der Waals surface area contributed by atoms with E-state index in [0.29, 0.717) is 6.61 Å². The van der Waals surface area contributed by atoms with E-state index in [1.807, 2.05) is 24.1 Å². The maximum atomic E-state index is 12.0. The second-order valence-corrected chi connectivity index (χ2v) is 10.2. The van der Waals surface area contributed by atoms with Gasteiger partial charge < -0.3 is 14.5 Å². The summed E-state index contributed by atoms with van der Waals surface area (Å²) in [7, 11) is 0. The van der Waals surface area contributed by atoms with Crippen LogP contribution in [0.15, 0.2) is 23.8 Å². The Morgan fingerprint density at radius 2 is 2.03 bits per heavy atom. The highest BCUT2D eigenvalue weighted by Crippen LogP contribution is 2.52. The van der Waals surface area contributed by atoms with E-state index < -0.39 is 0 Å². The van der Waals surface area contributed by atoms with Gasteiger partial charge in [0.15, 0.2) is 5.01 Å². The molecule has 5 rings (SSSR count). The van der Waals surface area contributed by atoms with Crippen LogP contribution < -0.4 is 4.90 Å². The monoisotopic (exact) mass is 442 g/mol. The van der Waals surface area contributed by atoms with Gasteiger partial charge in [0.1, 0.15) is 11.3 Å². The predicted molar refractivity (Wildman–Crippen MR) is 120 cm³/mol. The van der Waals surface area contributed by atoms with Crippen molar-refractivity contribution in [2.24, 2.45) is 5.41 Å². The van der Waals surface area contributed by atoms with E-state index in [4.69, 9.17) is 4.74 Å². The number of rotatable bonds is 4. The molecule has 2 aliphatic heterocycles. The van der Waals surface area contributed by atoms with Gasteiger partial charge in [-0.1, -0.05) is 11.3 Å². The van der Waals surface area contributed by atoms with Gasteiger partial charge in [0, 0.05) is 56.4 Å². The van der Waals surface area contributed by atoms with Crippen molar-refractivity contribution in [3.8, 4) is 10.6 Å². The normalized spacial score (nSPS) is 25.6. The van der Waals surface area contributed by atoms with Gasteiger partial charge in [0.05, 0.1) is 12.2 Å². The number of pyridine rings is 1. The van der Waals surface area contributed by atoms with Crippen molar-refractivity contribution in [3.63, 3.8) is 0 Å². The first-order valence-electron chi connectivity index (χ1n) is 11.2. The number of anilines is 1. The molecule has 0 radical (unpaired) electrons. The lowest BCUT2D eigenvalue weighted by molar-refractivity contribution is -0.0117. The fraction of sp³-hybridized carbons (Fsp3) is 0.636. The summed E-state index contributed by atoms with van der Waals surface area (Å²) >= 11 is 1.55. The van der Waals surface area contributed by atoms with Crippen molar-refractivity contribution in [2.75, 3.05) is 50.8 Å². The number of piperazine rings is 1. The molecule has 31 heavy (non-hydrogen) atoms. The summed E-state index contributed by atoms with van der Waals surface area (Å²) in [4.78, 5) is 23.6. The third kappa shape index (κ3) is 3.78. The van der Waals surface area contributed by atoms with Crippen molar-refractivity contribution in [2.45, 2.75) is 38.6 Å². The number of carbonyl (C=O) groups excluding carboxylic acids is 1. The van der Waals surface area contributed by atoms with Crippen molar-refractivity contribution in [3.05, 3.63) is 23.8 Å². The summed E-state index contributed by atoms with van der Waals surface area (Å²) in [5, 5.41) is 9.16. The van der Waals surface area contributed by atoms with Crippen molar-refractivity contribution >= 4 is 23.2 Å². The molecule has 1 aliphatic carbocycles. The Labute approximate surface area is 187 Å². The predicted octanol–water partition coefficient (Wildman–Crippen LogP) is 3.12. The van der Waals surface area contributed by atoms with E-state index in [1.165, 1.54) is 12.8 Å². The third-order valence-corrected chi connectivity index (χ3v) is 7.97. The first-order chi connectivity index (χ1) is 15.0. The number of amides is 1. The summed E-state index contributed by atoms with van der Waals surface area (Å²) in [5.74, 6) is 1.01. The molecule has 1 saturated carbocycles. The highest BCUT2D eigenvalue weighted by Gasteiger charge is 2.55. The highest BCUT2D eigenvalue weighted by atomic mass is 32.1. The molecular formula is C22H30N6O2S. The van der Waals surface area contributed by atoms with E-state index >= 15 is 0 Å². The van der Waals surface area contributed by atoms with Crippen LogP contribution in [0.1, 0.15) is 33.1 Å². The smallest absolute Gasteiger partial charge is 0.409 e. The number of ether oxygens (including phenoxy) is 1. The fourth-order valence-corrected chi connectivity index (χ4v) is 6.31. The van der Waals surface area contributed by atoms with Gasteiger partial charge in [-0.25, -0.2) is 9.78 Å². The molecule has 3 aliphatic rings. The largest absolute Gasteiger partial charge is 0.450 e. The molecule has 166 valence electrons. The molecule has 1 atom stereocenters. The molecule has 4 heterocycles. The van der Waals surface area contributed by atoms with E-state index in [-0.39, 0.29) is 17.0 Å². The second kappa shape index (κ2) is 8.02. The number of carbonyl (C=O) groups is 1. The van der Waals surface area contributed by atoms with Gasteiger partial charge in [0.2, 0.25) is 0 Å². The number of likely N-dealkylation sites (tertiary alicyclic amines) is 1. The van der Waals surface area contributed by atoms with Crippen LogP contribution in [0.4, 0.5) is 10.6 Å². The molecule has 2 saturated heterocycles. The lowest BCUT2D eigenvalue weighted by atomic mass is 9.76. The Morgan fingerprint density at radius 3 is 2.74 bits per heavy atom. The molecule has 2 aromatic heterocycles. The van der Waals surface area contributed by atoms with E-state index in [9.17, 15) is 4.79 Å². The zero-order chi connectivity index (χ0) is 21.5. The van der Waals surface area contributed by atoms with Gasteiger partial charge in [0.25, 0.3) is 0 Å². The minimum atomic E-state index is -0.156. The summed E-state index contributed by atoms with van der Waals surface area (Å²) < 4.78 is 5.16. The van der Waals surface area contributed by atoms with Crippen molar-refractivity contribution in [1.29, 1.82) is 0 Å². The van der Waals surface area contributed by atoms with Crippen LogP contribution in [0.2, 0.25) is 0 Å². The average Bonchev–Trinajstić information content (AvgIpc) is 3.42. The summed E-state index contributed by atoms with van der Waals surface area (Å²) in [5.41, 5.74) is 3.33. The maximum absolute atomic E-state index is 12.0. The summed E-state index contributed by atoms with van der Waals surface area (Å²) in [6, 6.07) is 4.05. The molecule has 0 aromatic carbocycles. The molecule has 3 fully saturated rings. The van der Waals surface area contributed by atoms with Crippen LogP contribution >= 0.6 is 11.3 Å². The van der Waals surface area contributed by atoms with Crippen LogP contribution in [0.3, 0.4) is 0 Å². The van der Waals surface area contributed by atoms with E-state index in [0.717, 1.165) is 62.1 Å². The van der Waals surface area contributed by atoms with Crippen LogP contribution in [0.5, 0.6) is 0 Å². The fourth-order valence-electron chi connectivity index (χ4n) is 5.73. The first-order valence-corrected chi connectivity index (χ1v) is 12.0. The third-order valence-electron chi connectivity index (χ3n) is 7.25. The van der Waals surface area contributed by atoms with E-state index in [1.54, 1.807) is 16.8 Å². The minimum Gasteiger partial charge on any atom is -0.450 e. The quantitative estimate of drug-likeness (QED) is 0.720. The number of hydrogen-bond donors (Lipinski definition) is 0. The van der Waals surface area contributed by atoms with Gasteiger partial charge in [-0.15, -0.1) is 10.2 Å². The summed E-state index contributed by atoms with van der Waals surface area (Å²) in [6.45, 7) is 10.4. The lowest BCUT2D eigenvalue weighted by Gasteiger charge is -2.50. The van der Waals surface area contributed by atoms with Gasteiger partial charge in [-0.3, -0.25) is 4.90 Å².